The SMILES string of the molecule is COc1ccc(C(=O)N2CC(N3C(=O)COC3=O)C2)c(OC)c1. The minimum absolute atomic E-state index is 0.222. The number of benzene rings is 1. The lowest BCUT2D eigenvalue weighted by Crippen LogP contribution is -2.62. The molecule has 2 aliphatic heterocycles. The highest BCUT2D eigenvalue weighted by Gasteiger charge is 2.44. The van der Waals surface area contributed by atoms with Crippen molar-refractivity contribution in [3.8, 4) is 11.5 Å². The highest BCUT2D eigenvalue weighted by Crippen LogP contribution is 2.28. The maximum atomic E-state index is 12.5. The lowest BCUT2D eigenvalue weighted by molar-refractivity contribution is -0.129. The summed E-state index contributed by atoms with van der Waals surface area (Å²) in [5.41, 5.74) is 0.405. The summed E-state index contributed by atoms with van der Waals surface area (Å²) in [7, 11) is 3.01. The number of cyclic esters (lactones) is 1. The molecule has 23 heavy (non-hydrogen) atoms. The van der Waals surface area contributed by atoms with Crippen LogP contribution in [0.3, 0.4) is 0 Å². The maximum Gasteiger partial charge on any atom is 0.417 e. The van der Waals surface area contributed by atoms with Crippen LogP contribution >= 0.6 is 0 Å². The number of carbonyl (C=O) groups is 3. The Bertz CT molecular complexity index is 652. The van der Waals surface area contributed by atoms with Crippen LogP contribution in [0.25, 0.3) is 0 Å². The largest absolute Gasteiger partial charge is 0.497 e. The molecule has 8 nitrogen and oxygen atoms in total. The molecule has 0 bridgehead atoms. The Morgan fingerprint density at radius 1 is 1.22 bits per heavy atom. The van der Waals surface area contributed by atoms with Crippen molar-refractivity contribution in [2.24, 2.45) is 0 Å². The summed E-state index contributed by atoms with van der Waals surface area (Å²) >= 11 is 0. The Hall–Kier alpha value is -2.77. The van der Waals surface area contributed by atoms with Crippen molar-refractivity contribution in [2.45, 2.75) is 6.04 Å². The zero-order chi connectivity index (χ0) is 16.6. The van der Waals surface area contributed by atoms with Gasteiger partial charge in [-0.15, -0.1) is 0 Å². The van der Waals surface area contributed by atoms with Crippen molar-refractivity contribution in [3.63, 3.8) is 0 Å². The van der Waals surface area contributed by atoms with Gasteiger partial charge in [0.15, 0.2) is 6.61 Å². The van der Waals surface area contributed by atoms with Gasteiger partial charge in [0.25, 0.3) is 11.8 Å². The molecular weight excluding hydrogens is 304 g/mol. The van der Waals surface area contributed by atoms with Crippen molar-refractivity contribution in [1.29, 1.82) is 0 Å². The molecule has 2 aliphatic rings. The van der Waals surface area contributed by atoms with Crippen molar-refractivity contribution in [2.75, 3.05) is 33.9 Å². The molecular formula is C15H16N2O6. The van der Waals surface area contributed by atoms with Crippen LogP contribution in [0.2, 0.25) is 0 Å². The topological polar surface area (TPSA) is 85.4 Å². The van der Waals surface area contributed by atoms with Gasteiger partial charge in [-0.25, -0.2) is 9.69 Å². The van der Waals surface area contributed by atoms with E-state index in [-0.39, 0.29) is 37.6 Å². The first kappa shape index (κ1) is 15.1. The van der Waals surface area contributed by atoms with Crippen molar-refractivity contribution < 1.29 is 28.6 Å². The fourth-order valence-corrected chi connectivity index (χ4v) is 2.65. The number of imide groups is 1. The number of methoxy groups -OCH3 is 2. The van der Waals surface area contributed by atoms with Gasteiger partial charge in [-0.05, 0) is 12.1 Å². The quantitative estimate of drug-likeness (QED) is 0.803. The van der Waals surface area contributed by atoms with E-state index in [1.807, 2.05) is 0 Å². The van der Waals surface area contributed by atoms with Gasteiger partial charge in [-0.1, -0.05) is 0 Å². The Morgan fingerprint density at radius 2 is 1.96 bits per heavy atom. The standard InChI is InChI=1S/C15H16N2O6/c1-21-10-3-4-11(12(5-10)22-2)14(19)16-6-9(7-16)17-13(18)8-23-15(17)20/h3-5,9H,6-8H2,1-2H3. The molecule has 1 aromatic rings. The van der Waals surface area contributed by atoms with Gasteiger partial charge in [-0.2, -0.15) is 0 Å². The molecule has 2 fully saturated rings. The van der Waals surface area contributed by atoms with E-state index in [2.05, 4.69) is 4.74 Å². The highest BCUT2D eigenvalue weighted by molar-refractivity contribution is 6.00. The van der Waals surface area contributed by atoms with Gasteiger partial charge in [0, 0.05) is 19.2 Å². The van der Waals surface area contributed by atoms with E-state index in [1.54, 1.807) is 23.1 Å². The first-order valence-corrected chi connectivity index (χ1v) is 7.05. The van der Waals surface area contributed by atoms with E-state index in [1.165, 1.54) is 14.2 Å². The average molecular weight is 320 g/mol. The number of nitrogens with zero attached hydrogens (tertiary/aromatic N) is 2. The fourth-order valence-electron chi connectivity index (χ4n) is 2.65. The molecule has 3 rings (SSSR count). The number of amides is 3. The maximum absolute atomic E-state index is 12.5. The summed E-state index contributed by atoms with van der Waals surface area (Å²) in [6, 6.07) is 4.61. The third kappa shape index (κ3) is 2.56. The van der Waals surface area contributed by atoms with Gasteiger partial charge < -0.3 is 19.1 Å². The van der Waals surface area contributed by atoms with E-state index < -0.39 is 6.09 Å². The van der Waals surface area contributed by atoms with E-state index in [4.69, 9.17) is 9.47 Å². The Morgan fingerprint density at radius 3 is 2.52 bits per heavy atom. The van der Waals surface area contributed by atoms with Crippen LogP contribution < -0.4 is 9.47 Å². The number of carbonyl (C=O) groups excluding carboxylic acids is 3. The normalized spacial score (nSPS) is 17.8. The Balaban J connectivity index is 1.69. The predicted octanol–water partition coefficient (Wildman–Crippen LogP) is 0.507. The van der Waals surface area contributed by atoms with E-state index >= 15 is 0 Å². The Labute approximate surface area is 132 Å². The summed E-state index contributed by atoms with van der Waals surface area (Å²) < 4.78 is 15.0. The highest BCUT2D eigenvalue weighted by atomic mass is 16.6. The summed E-state index contributed by atoms with van der Waals surface area (Å²) in [6.07, 6.45) is -0.644. The minimum atomic E-state index is -0.644. The first-order chi connectivity index (χ1) is 11.0. The summed E-state index contributed by atoms with van der Waals surface area (Å²) in [5, 5.41) is 0. The number of hydrogen-bond acceptors (Lipinski definition) is 6. The molecule has 1 aromatic carbocycles. The Kier molecular flexibility index (Phi) is 3.81. The number of hydrogen-bond donors (Lipinski definition) is 0. The molecule has 122 valence electrons. The molecule has 3 amide bonds. The van der Waals surface area contributed by atoms with E-state index in [0.717, 1.165) is 4.90 Å². The van der Waals surface area contributed by atoms with Crippen LogP contribution in [0.15, 0.2) is 18.2 Å². The van der Waals surface area contributed by atoms with E-state index in [0.29, 0.717) is 17.1 Å². The van der Waals surface area contributed by atoms with Gasteiger partial charge in [-0.3, -0.25) is 9.59 Å². The monoisotopic (exact) mass is 320 g/mol. The molecule has 8 heteroatoms. The van der Waals surface area contributed by atoms with Gasteiger partial charge in [0.1, 0.15) is 11.5 Å². The fraction of sp³-hybridized carbons (Fsp3) is 0.400. The first-order valence-electron chi connectivity index (χ1n) is 7.05. The number of ether oxygens (including phenoxy) is 3. The zero-order valence-corrected chi connectivity index (χ0v) is 12.8. The van der Waals surface area contributed by atoms with E-state index in [9.17, 15) is 14.4 Å². The summed E-state index contributed by atoms with van der Waals surface area (Å²) in [5.74, 6) is 0.412. The van der Waals surface area contributed by atoms with Crippen molar-refractivity contribution in [3.05, 3.63) is 23.8 Å². The van der Waals surface area contributed by atoms with Crippen LogP contribution in [-0.2, 0) is 9.53 Å². The van der Waals surface area contributed by atoms with Crippen LogP contribution in [0, 0.1) is 0 Å². The average Bonchev–Trinajstić information content (AvgIpc) is 2.85. The van der Waals surface area contributed by atoms with Crippen LogP contribution in [0.5, 0.6) is 11.5 Å². The lowest BCUT2D eigenvalue weighted by Gasteiger charge is -2.42. The molecule has 0 radical (unpaired) electrons. The molecule has 0 saturated carbocycles. The molecule has 2 heterocycles. The third-order valence-corrected chi connectivity index (χ3v) is 3.94. The van der Waals surface area contributed by atoms with Gasteiger partial charge >= 0.3 is 6.09 Å². The molecule has 0 spiro atoms. The summed E-state index contributed by atoms with van der Waals surface area (Å²) in [4.78, 5) is 38.2. The number of rotatable bonds is 4. The van der Waals surface area contributed by atoms with Crippen molar-refractivity contribution >= 4 is 17.9 Å². The smallest absolute Gasteiger partial charge is 0.417 e. The second-order valence-electron chi connectivity index (χ2n) is 5.25. The predicted molar refractivity (Wildman–Crippen MR) is 77.4 cm³/mol. The summed E-state index contributed by atoms with van der Waals surface area (Å²) in [6.45, 7) is 0.347. The zero-order valence-electron chi connectivity index (χ0n) is 12.8. The van der Waals surface area contributed by atoms with Crippen molar-refractivity contribution in [1.82, 2.24) is 9.80 Å². The molecule has 0 N–H and O–H groups in total. The van der Waals surface area contributed by atoms with Crippen LogP contribution in [0.1, 0.15) is 10.4 Å². The molecule has 0 aromatic heterocycles. The third-order valence-electron chi connectivity index (χ3n) is 3.94. The number of likely N-dealkylation sites (tertiary alicyclic amines) is 1. The van der Waals surface area contributed by atoms with Crippen LogP contribution in [-0.4, -0.2) is 67.7 Å². The second kappa shape index (κ2) is 5.79. The second-order valence-corrected chi connectivity index (χ2v) is 5.25. The van der Waals surface area contributed by atoms with Gasteiger partial charge in [0.2, 0.25) is 0 Å². The van der Waals surface area contributed by atoms with Gasteiger partial charge in [0.05, 0.1) is 25.8 Å². The molecule has 0 atom stereocenters. The molecule has 2 saturated heterocycles. The van der Waals surface area contributed by atoms with Crippen LogP contribution in [0.4, 0.5) is 4.79 Å². The minimum Gasteiger partial charge on any atom is -0.497 e. The molecule has 0 unspecified atom stereocenters. The lowest BCUT2D eigenvalue weighted by atomic mass is 10.0. The molecule has 0 aliphatic carbocycles.